The van der Waals surface area contributed by atoms with Crippen LogP contribution in [0.4, 0.5) is 5.82 Å². The highest BCUT2D eigenvalue weighted by Gasteiger charge is 2.10. The van der Waals surface area contributed by atoms with Gasteiger partial charge in [-0.15, -0.1) is 0 Å². The van der Waals surface area contributed by atoms with E-state index < -0.39 is 5.97 Å². The van der Waals surface area contributed by atoms with Crippen LogP contribution in [0.25, 0.3) is 0 Å². The second-order valence-corrected chi connectivity index (χ2v) is 2.91. The monoisotopic (exact) mass is 231 g/mol. The van der Waals surface area contributed by atoms with E-state index in [0.29, 0.717) is 4.47 Å². The largest absolute Gasteiger partial charge is 0.478 e. The van der Waals surface area contributed by atoms with E-state index in [0.717, 1.165) is 0 Å². The summed E-state index contributed by atoms with van der Waals surface area (Å²) in [4.78, 5) is 14.3. The summed E-state index contributed by atoms with van der Waals surface area (Å²) in [6.07, 6.45) is 1.46. The molecule has 0 radical (unpaired) electrons. The molecule has 12 heavy (non-hydrogen) atoms. The van der Waals surface area contributed by atoms with E-state index in [-0.39, 0.29) is 11.4 Å². The van der Waals surface area contributed by atoms with Crippen LogP contribution in [-0.2, 0) is 0 Å². The van der Waals surface area contributed by atoms with E-state index in [9.17, 15) is 4.79 Å². The smallest absolute Gasteiger partial charge is 0.339 e. The molecule has 64 valence electrons. The fourth-order valence-electron chi connectivity index (χ4n) is 0.717. The number of carboxylic acids is 1. The lowest BCUT2D eigenvalue weighted by molar-refractivity contribution is 0.0697. The number of nitrogens with two attached hydrogens (primary N) is 1. The van der Waals surface area contributed by atoms with Crippen molar-refractivity contribution in [1.29, 1.82) is 0 Å². The van der Waals surface area contributed by atoms with Crippen LogP contribution in [0, 0.1) is 0 Å². The lowest BCUT2D eigenvalue weighted by atomic mass is 10.2. The number of carbonyl (C=O) groups is 1. The molecule has 1 heterocycles. The number of aromatic nitrogens is 1. The van der Waals surface area contributed by atoms with Crippen molar-refractivity contribution in [2.45, 2.75) is 0 Å². The molecule has 1 aromatic heterocycles. The van der Waals surface area contributed by atoms with E-state index in [1.54, 1.807) is 0 Å². The third kappa shape index (κ3) is 1.72. The number of hydrogen-bond acceptors (Lipinski definition) is 4. The third-order valence-corrected chi connectivity index (χ3v) is 1.66. The number of carboxylic acid groups (broad SMARTS) is 1. The number of halogens is 1. The number of nitrogens with zero attached hydrogens (tertiary/aromatic N) is 1. The molecule has 0 aliphatic heterocycles. The van der Waals surface area contributed by atoms with Crippen LogP contribution in [0.3, 0.4) is 0 Å². The van der Waals surface area contributed by atoms with Gasteiger partial charge in [0.1, 0.15) is 5.56 Å². The van der Waals surface area contributed by atoms with Gasteiger partial charge in [-0.1, -0.05) is 0 Å². The molecule has 0 unspecified atom stereocenters. The zero-order chi connectivity index (χ0) is 9.14. The summed E-state index contributed by atoms with van der Waals surface area (Å²) in [5.74, 6) is 4.12. The van der Waals surface area contributed by atoms with Gasteiger partial charge in [0.15, 0.2) is 5.82 Å². The van der Waals surface area contributed by atoms with Crippen molar-refractivity contribution in [3.8, 4) is 0 Å². The van der Waals surface area contributed by atoms with Crippen molar-refractivity contribution in [2.75, 3.05) is 5.43 Å². The average molecular weight is 232 g/mol. The molecule has 1 aromatic rings. The Morgan fingerprint density at radius 2 is 2.42 bits per heavy atom. The van der Waals surface area contributed by atoms with Crippen LogP contribution in [-0.4, -0.2) is 16.1 Å². The summed E-state index contributed by atoms with van der Waals surface area (Å²) in [5.41, 5.74) is 2.23. The van der Waals surface area contributed by atoms with Crippen molar-refractivity contribution in [2.24, 2.45) is 5.84 Å². The molecule has 0 saturated carbocycles. The van der Waals surface area contributed by atoms with Gasteiger partial charge in [-0.05, 0) is 22.0 Å². The lowest BCUT2D eigenvalue weighted by Crippen LogP contribution is -2.13. The predicted octanol–water partition coefficient (Wildman–Crippen LogP) is 0.828. The molecule has 5 nitrogen and oxygen atoms in total. The summed E-state index contributed by atoms with van der Waals surface area (Å²) in [5, 5.41) is 8.66. The van der Waals surface area contributed by atoms with Crippen LogP contribution in [0.1, 0.15) is 10.4 Å². The van der Waals surface area contributed by atoms with Gasteiger partial charge in [0.25, 0.3) is 0 Å². The lowest BCUT2D eigenvalue weighted by Gasteiger charge is -2.02. The molecule has 0 aliphatic carbocycles. The van der Waals surface area contributed by atoms with Crippen molar-refractivity contribution in [3.05, 3.63) is 22.3 Å². The molecule has 0 aromatic carbocycles. The second-order valence-electron chi connectivity index (χ2n) is 2.00. The standard InChI is InChI=1S/C6H6BrN3O2/c7-3-1-4(6(11)12)5(10-8)9-2-3/h1-2H,8H2,(H,9,10)(H,11,12). The van der Waals surface area contributed by atoms with Gasteiger partial charge >= 0.3 is 5.97 Å². The summed E-state index contributed by atoms with van der Waals surface area (Å²) in [6.45, 7) is 0. The van der Waals surface area contributed by atoms with E-state index in [1.807, 2.05) is 0 Å². The molecule has 4 N–H and O–H groups in total. The number of rotatable bonds is 2. The minimum absolute atomic E-state index is 0.0341. The Morgan fingerprint density at radius 1 is 1.75 bits per heavy atom. The Bertz CT molecular complexity index is 316. The molecule has 6 heteroatoms. The molecule has 0 atom stereocenters. The van der Waals surface area contributed by atoms with E-state index in [2.05, 4.69) is 26.3 Å². The first-order chi connectivity index (χ1) is 5.65. The highest BCUT2D eigenvalue weighted by Crippen LogP contribution is 2.16. The van der Waals surface area contributed by atoms with Crippen molar-refractivity contribution < 1.29 is 9.90 Å². The molecule has 0 saturated heterocycles. The molecule has 0 fully saturated rings. The summed E-state index contributed by atoms with van der Waals surface area (Å²) in [7, 11) is 0. The first kappa shape index (κ1) is 8.95. The molecule has 0 spiro atoms. The minimum Gasteiger partial charge on any atom is -0.478 e. The molecule has 0 aliphatic rings. The van der Waals surface area contributed by atoms with Gasteiger partial charge < -0.3 is 10.5 Å². The van der Waals surface area contributed by atoms with Crippen LogP contribution in [0.5, 0.6) is 0 Å². The molecule has 0 bridgehead atoms. The van der Waals surface area contributed by atoms with E-state index >= 15 is 0 Å². The number of hydrogen-bond donors (Lipinski definition) is 3. The Balaban J connectivity index is 3.21. The number of hydrazine groups is 1. The second kappa shape index (κ2) is 3.51. The highest BCUT2D eigenvalue weighted by atomic mass is 79.9. The number of nitrogen functional groups attached to an aromatic ring is 1. The average Bonchev–Trinajstić information content (AvgIpc) is 2.04. The van der Waals surface area contributed by atoms with E-state index in [1.165, 1.54) is 12.3 Å². The molecule has 0 amide bonds. The van der Waals surface area contributed by atoms with Gasteiger partial charge in [0, 0.05) is 10.7 Å². The maximum atomic E-state index is 10.6. The van der Waals surface area contributed by atoms with Crippen LogP contribution >= 0.6 is 15.9 Å². The number of anilines is 1. The number of nitrogens with one attached hydrogen (secondary N) is 1. The van der Waals surface area contributed by atoms with Gasteiger partial charge in [-0.3, -0.25) is 0 Å². The fourth-order valence-corrected chi connectivity index (χ4v) is 1.05. The zero-order valence-electron chi connectivity index (χ0n) is 5.91. The molecular weight excluding hydrogens is 226 g/mol. The fraction of sp³-hybridized carbons (Fsp3) is 0. The van der Waals surface area contributed by atoms with Crippen LogP contribution in [0.15, 0.2) is 16.7 Å². The van der Waals surface area contributed by atoms with Crippen LogP contribution < -0.4 is 11.3 Å². The van der Waals surface area contributed by atoms with Crippen LogP contribution in [0.2, 0.25) is 0 Å². The summed E-state index contributed by atoms with van der Waals surface area (Å²) < 4.78 is 0.596. The molecule has 1 rings (SSSR count). The van der Waals surface area contributed by atoms with Gasteiger partial charge in [-0.2, -0.15) is 0 Å². The normalized spacial score (nSPS) is 9.50. The SMILES string of the molecule is NNc1ncc(Br)cc1C(=O)O. The highest BCUT2D eigenvalue weighted by molar-refractivity contribution is 9.10. The maximum absolute atomic E-state index is 10.6. The quantitative estimate of drug-likeness (QED) is 0.519. The van der Waals surface area contributed by atoms with Gasteiger partial charge in [0.2, 0.25) is 0 Å². The first-order valence-electron chi connectivity index (χ1n) is 3.00. The predicted molar refractivity (Wildman–Crippen MR) is 46.7 cm³/mol. The Morgan fingerprint density at radius 3 is 2.92 bits per heavy atom. The van der Waals surface area contributed by atoms with Gasteiger partial charge in [-0.25, -0.2) is 15.6 Å². The summed E-state index contributed by atoms with van der Waals surface area (Å²) in [6, 6.07) is 1.42. The Kier molecular flexibility index (Phi) is 2.61. The van der Waals surface area contributed by atoms with Gasteiger partial charge in [0.05, 0.1) is 0 Å². The Labute approximate surface area is 76.7 Å². The maximum Gasteiger partial charge on any atom is 0.339 e. The number of aromatic carboxylic acids is 1. The van der Waals surface area contributed by atoms with E-state index in [4.69, 9.17) is 10.9 Å². The van der Waals surface area contributed by atoms with Crippen molar-refractivity contribution in [1.82, 2.24) is 4.98 Å². The van der Waals surface area contributed by atoms with Crippen molar-refractivity contribution in [3.63, 3.8) is 0 Å². The Hall–Kier alpha value is -1.14. The minimum atomic E-state index is -1.07. The third-order valence-electron chi connectivity index (χ3n) is 1.22. The first-order valence-corrected chi connectivity index (χ1v) is 3.80. The zero-order valence-corrected chi connectivity index (χ0v) is 7.50. The van der Waals surface area contributed by atoms with Crippen molar-refractivity contribution >= 4 is 27.7 Å². The topological polar surface area (TPSA) is 88.2 Å². The number of pyridine rings is 1. The summed E-state index contributed by atoms with van der Waals surface area (Å²) >= 11 is 3.10. The molecular formula is C6H6BrN3O2.